The van der Waals surface area contributed by atoms with Crippen molar-refractivity contribution >= 4 is 39.1 Å². The van der Waals surface area contributed by atoms with Crippen molar-refractivity contribution in [2.24, 2.45) is 0 Å². The Labute approximate surface area is 210 Å². The number of aryl methyl sites for hydroxylation is 2. The van der Waals surface area contributed by atoms with E-state index in [-0.39, 0.29) is 17.4 Å². The third-order valence-electron chi connectivity index (χ3n) is 6.83. The van der Waals surface area contributed by atoms with E-state index in [1.54, 1.807) is 55.1 Å². The second-order valence-corrected chi connectivity index (χ2v) is 11.1. The van der Waals surface area contributed by atoms with E-state index in [1.165, 1.54) is 0 Å². The molecule has 9 nitrogen and oxygen atoms in total. The van der Waals surface area contributed by atoms with Crippen LogP contribution in [-0.2, 0) is 10.8 Å². The van der Waals surface area contributed by atoms with E-state index in [4.69, 9.17) is 9.15 Å². The molecule has 1 aliphatic heterocycles. The smallest absolute Gasteiger partial charge is 0.255 e. The Balaban J connectivity index is 1.45. The highest BCUT2D eigenvalue weighted by molar-refractivity contribution is 7.85. The van der Waals surface area contributed by atoms with Gasteiger partial charge in [0.05, 0.1) is 17.3 Å². The minimum absolute atomic E-state index is 0.187. The van der Waals surface area contributed by atoms with Crippen molar-refractivity contribution in [3.63, 3.8) is 0 Å². The number of fused-ring (bicyclic) bond motifs is 2. The van der Waals surface area contributed by atoms with Crippen molar-refractivity contribution in [2.45, 2.75) is 39.2 Å². The van der Waals surface area contributed by atoms with E-state index in [0.29, 0.717) is 69.2 Å². The van der Waals surface area contributed by atoms with E-state index in [1.807, 2.05) is 13.8 Å². The normalized spacial score (nSPS) is 19.9. The predicted octanol–water partition coefficient (Wildman–Crippen LogP) is 3.88. The molecule has 5 rings (SSSR count). The van der Waals surface area contributed by atoms with Crippen LogP contribution in [0, 0.1) is 13.8 Å². The van der Waals surface area contributed by atoms with E-state index in [0.717, 1.165) is 5.56 Å². The molecule has 0 saturated carbocycles. The van der Waals surface area contributed by atoms with Crippen LogP contribution < -0.4 is 15.4 Å². The van der Waals surface area contributed by atoms with Gasteiger partial charge < -0.3 is 19.8 Å². The number of aromatic nitrogens is 2. The molecule has 2 amide bonds. The fourth-order valence-corrected chi connectivity index (χ4v) is 6.26. The fourth-order valence-electron chi connectivity index (χ4n) is 4.70. The van der Waals surface area contributed by atoms with Crippen molar-refractivity contribution in [1.29, 1.82) is 0 Å². The molecule has 188 valence electrons. The summed E-state index contributed by atoms with van der Waals surface area (Å²) in [7, 11) is 0.776. The Morgan fingerprint density at radius 3 is 2.64 bits per heavy atom. The summed E-state index contributed by atoms with van der Waals surface area (Å²) >= 11 is 0. The molecule has 10 heteroatoms. The summed E-state index contributed by atoms with van der Waals surface area (Å²) in [5, 5.41) is 10.9. The molecule has 0 aliphatic carbocycles. The molecule has 4 heterocycles. The van der Waals surface area contributed by atoms with Gasteiger partial charge in [0.1, 0.15) is 22.6 Å². The molecule has 2 N–H and O–H groups in total. The van der Waals surface area contributed by atoms with Gasteiger partial charge in [-0.05, 0) is 51.3 Å². The van der Waals surface area contributed by atoms with Gasteiger partial charge in [-0.1, -0.05) is 0 Å². The van der Waals surface area contributed by atoms with Crippen molar-refractivity contribution < 1.29 is 23.0 Å². The summed E-state index contributed by atoms with van der Waals surface area (Å²) in [6.45, 7) is 5.62. The van der Waals surface area contributed by atoms with Crippen LogP contribution in [0.25, 0.3) is 16.5 Å². The van der Waals surface area contributed by atoms with Crippen LogP contribution in [-0.4, -0.2) is 49.7 Å². The molecule has 3 aromatic heterocycles. The molecule has 1 aliphatic rings. The first-order valence-electron chi connectivity index (χ1n) is 11.8. The molecule has 1 saturated heterocycles. The van der Waals surface area contributed by atoms with Gasteiger partial charge in [-0.3, -0.25) is 13.8 Å². The van der Waals surface area contributed by atoms with Gasteiger partial charge in [0.2, 0.25) is 0 Å². The summed E-state index contributed by atoms with van der Waals surface area (Å²) in [5.74, 6) is 2.39. The summed E-state index contributed by atoms with van der Waals surface area (Å²) in [6, 6.07) is 7.06. The third-order valence-corrected chi connectivity index (χ3v) is 8.15. The zero-order chi connectivity index (χ0) is 25.6. The van der Waals surface area contributed by atoms with Crippen LogP contribution in [0.3, 0.4) is 0 Å². The first-order valence-corrected chi connectivity index (χ1v) is 13.3. The number of hydrogen-bond acceptors (Lipinski definition) is 6. The first kappa shape index (κ1) is 24.1. The topological polar surface area (TPSA) is 115 Å². The van der Waals surface area contributed by atoms with Gasteiger partial charge in [-0.2, -0.15) is 5.10 Å². The van der Waals surface area contributed by atoms with Crippen molar-refractivity contribution in [2.75, 3.05) is 18.6 Å². The molecule has 1 fully saturated rings. The van der Waals surface area contributed by atoms with Crippen molar-refractivity contribution in [3.8, 4) is 11.5 Å². The summed E-state index contributed by atoms with van der Waals surface area (Å²) in [6.07, 6.45) is 4.67. The minimum atomic E-state index is -0.806. The lowest BCUT2D eigenvalue weighted by Crippen LogP contribution is -2.50. The van der Waals surface area contributed by atoms with Crippen molar-refractivity contribution in [3.05, 3.63) is 59.1 Å². The maximum Gasteiger partial charge on any atom is 0.255 e. The molecule has 36 heavy (non-hydrogen) atoms. The lowest BCUT2D eigenvalue weighted by Gasteiger charge is -2.34. The van der Waals surface area contributed by atoms with Crippen LogP contribution >= 0.6 is 0 Å². The number of rotatable bonds is 5. The summed E-state index contributed by atoms with van der Waals surface area (Å²) in [5.41, 5.74) is 2.60. The number of nitrogens with zero attached hydrogens (tertiary/aromatic N) is 2. The molecule has 0 radical (unpaired) electrons. The van der Waals surface area contributed by atoms with E-state index in [9.17, 15) is 13.8 Å². The number of furan rings is 1. The first-order chi connectivity index (χ1) is 17.2. The Bertz CT molecular complexity index is 1530. The SMILES string of the molecule is CNC(=O)c1c(C)oc2cc(Oc3ccnn4cc(C(=O)NC5(C)CCS(=O)CC5)c(C)c34)ccc12. The largest absolute Gasteiger partial charge is 0.460 e. The van der Waals surface area contributed by atoms with Crippen LogP contribution in [0.2, 0.25) is 0 Å². The standard InChI is InChI=1S/C26H28N4O5S/c1-15-19(24(31)29-26(3)8-11-36(33)12-9-26)14-30-23(15)20(7-10-28-30)35-17-5-6-18-21(13-17)34-16(2)22(18)25(32)27-4/h5-7,10,13-14H,8-9,11-12H2,1-4H3,(H,27,32)(H,29,31). The maximum atomic E-state index is 13.2. The quantitative estimate of drug-likeness (QED) is 0.423. The fraction of sp³-hybridized carbons (Fsp3) is 0.346. The number of nitrogens with one attached hydrogen (secondary N) is 2. The molecular weight excluding hydrogens is 480 g/mol. The minimum Gasteiger partial charge on any atom is -0.460 e. The Kier molecular flexibility index (Phi) is 6.07. The van der Waals surface area contributed by atoms with Gasteiger partial charge in [-0.25, -0.2) is 4.52 Å². The Hall–Kier alpha value is -3.66. The van der Waals surface area contributed by atoms with Gasteiger partial charge in [0, 0.05) is 58.6 Å². The van der Waals surface area contributed by atoms with E-state index < -0.39 is 10.8 Å². The molecule has 4 aromatic rings. The predicted molar refractivity (Wildman–Crippen MR) is 137 cm³/mol. The number of hydrogen-bond donors (Lipinski definition) is 2. The number of carbonyl (C=O) groups excluding carboxylic acids is 2. The monoisotopic (exact) mass is 508 g/mol. The van der Waals surface area contributed by atoms with Gasteiger partial charge in [-0.15, -0.1) is 0 Å². The molecule has 0 spiro atoms. The second-order valence-electron chi connectivity index (χ2n) is 9.39. The zero-order valence-electron chi connectivity index (χ0n) is 20.6. The van der Waals surface area contributed by atoms with Gasteiger partial charge in [0.15, 0.2) is 5.75 Å². The molecule has 0 bridgehead atoms. The van der Waals surface area contributed by atoms with Crippen LogP contribution in [0.4, 0.5) is 0 Å². The van der Waals surface area contributed by atoms with E-state index >= 15 is 0 Å². The Morgan fingerprint density at radius 2 is 1.92 bits per heavy atom. The summed E-state index contributed by atoms with van der Waals surface area (Å²) < 4.78 is 25.4. The van der Waals surface area contributed by atoms with Gasteiger partial charge >= 0.3 is 0 Å². The number of ether oxygens (including phenoxy) is 1. The lowest BCUT2D eigenvalue weighted by molar-refractivity contribution is 0.0898. The number of carbonyl (C=O) groups is 2. The number of amides is 2. The zero-order valence-corrected chi connectivity index (χ0v) is 21.5. The highest BCUT2D eigenvalue weighted by Gasteiger charge is 2.32. The average molecular weight is 509 g/mol. The molecular formula is C26H28N4O5S. The van der Waals surface area contributed by atoms with Gasteiger partial charge in [0.25, 0.3) is 11.8 Å². The molecule has 0 atom stereocenters. The highest BCUT2D eigenvalue weighted by Crippen LogP contribution is 2.34. The Morgan fingerprint density at radius 1 is 1.17 bits per heavy atom. The lowest BCUT2D eigenvalue weighted by atomic mass is 9.94. The second kappa shape index (κ2) is 9.09. The maximum absolute atomic E-state index is 13.2. The van der Waals surface area contributed by atoms with Crippen LogP contribution in [0.1, 0.15) is 51.8 Å². The summed E-state index contributed by atoms with van der Waals surface area (Å²) in [4.78, 5) is 25.4. The molecule has 1 aromatic carbocycles. The van der Waals surface area contributed by atoms with E-state index in [2.05, 4.69) is 15.7 Å². The number of benzene rings is 1. The van der Waals surface area contributed by atoms with Crippen molar-refractivity contribution in [1.82, 2.24) is 20.2 Å². The highest BCUT2D eigenvalue weighted by atomic mass is 32.2. The average Bonchev–Trinajstić information content (AvgIpc) is 3.37. The van der Waals surface area contributed by atoms with Crippen LogP contribution in [0.15, 0.2) is 41.1 Å². The molecule has 0 unspecified atom stereocenters. The third kappa shape index (κ3) is 4.26. The van der Waals surface area contributed by atoms with Crippen LogP contribution in [0.5, 0.6) is 11.5 Å².